The quantitative estimate of drug-likeness (QED) is 0.346. The van der Waals surface area contributed by atoms with Crippen molar-refractivity contribution >= 4 is 63.8 Å². The Hall–Kier alpha value is -3.84. The van der Waals surface area contributed by atoms with Gasteiger partial charge in [-0.25, -0.2) is 9.59 Å². The second kappa shape index (κ2) is 9.97. The number of nitrogens with one attached hydrogen (secondary N) is 2. The van der Waals surface area contributed by atoms with Crippen molar-refractivity contribution < 1.29 is 38.9 Å². The zero-order valence-electron chi connectivity index (χ0n) is 17.0. The van der Waals surface area contributed by atoms with Gasteiger partial charge in [-0.05, 0) is 17.7 Å². The number of hydrogen-bond donors (Lipinski definition) is 4. The summed E-state index contributed by atoms with van der Waals surface area (Å²) >= 11 is 6.77. The number of phenolic OH excluding ortho intramolecular Hbond substituents is 1. The van der Waals surface area contributed by atoms with Crippen LogP contribution in [0, 0.1) is 0 Å². The minimum absolute atomic E-state index is 0.0189. The number of thioether (sulfide) groups is 1. The topological polar surface area (TPSA) is 198 Å². The highest BCUT2D eigenvalue weighted by Gasteiger charge is 2.33. The molecule has 0 fully saturated rings. The number of carbonyl (C=O) groups excluding carboxylic acids is 3. The van der Waals surface area contributed by atoms with Crippen LogP contribution >= 0.6 is 23.4 Å². The molecule has 0 radical (unpaired) electrons. The summed E-state index contributed by atoms with van der Waals surface area (Å²) in [5.41, 5.74) is -1.86. The molecule has 0 saturated carbocycles. The van der Waals surface area contributed by atoms with Gasteiger partial charge in [0.2, 0.25) is 5.91 Å². The van der Waals surface area contributed by atoms with E-state index in [4.69, 9.17) is 16.0 Å². The van der Waals surface area contributed by atoms with Crippen LogP contribution in [0.5, 0.6) is 5.75 Å². The highest BCUT2D eigenvalue weighted by Crippen LogP contribution is 2.28. The molecule has 34 heavy (non-hydrogen) atoms. The number of halogens is 1. The highest BCUT2D eigenvalue weighted by atomic mass is 35.5. The van der Waals surface area contributed by atoms with Gasteiger partial charge in [-0.1, -0.05) is 18.2 Å². The van der Waals surface area contributed by atoms with E-state index >= 15 is 0 Å². The lowest BCUT2D eigenvalue weighted by molar-refractivity contribution is -0.294. The first-order chi connectivity index (χ1) is 16.0. The SMILES string of the molecule is C=C1CSC(C(NC(=O)CNC(=O)c2cc3cc(Cl)c(O)cc3oc2=O)C(=O)O)N=C1C(=O)[O-]. The minimum atomic E-state index is -1.62. The van der Waals surface area contributed by atoms with Crippen molar-refractivity contribution in [2.45, 2.75) is 11.4 Å². The van der Waals surface area contributed by atoms with Crippen LogP contribution in [0.25, 0.3) is 11.0 Å². The second-order valence-corrected chi connectivity index (χ2v) is 8.44. The molecule has 0 aliphatic carbocycles. The summed E-state index contributed by atoms with van der Waals surface area (Å²) in [7, 11) is 0. The molecule has 1 aromatic heterocycles. The summed E-state index contributed by atoms with van der Waals surface area (Å²) in [5.74, 6) is -5.29. The monoisotopic (exact) mass is 508 g/mol. The van der Waals surface area contributed by atoms with Crippen LogP contribution in [-0.4, -0.2) is 63.4 Å². The van der Waals surface area contributed by atoms with E-state index in [0.717, 1.165) is 23.9 Å². The molecule has 0 spiro atoms. The first-order valence-corrected chi connectivity index (χ1v) is 10.8. The summed E-state index contributed by atoms with van der Waals surface area (Å²) in [6.45, 7) is 2.81. The number of phenols is 1. The van der Waals surface area contributed by atoms with Crippen molar-refractivity contribution in [3.05, 3.63) is 51.4 Å². The Labute approximate surface area is 199 Å². The summed E-state index contributed by atoms with van der Waals surface area (Å²) in [4.78, 5) is 63.3. The van der Waals surface area contributed by atoms with E-state index in [1.165, 1.54) is 6.07 Å². The largest absolute Gasteiger partial charge is 0.543 e. The van der Waals surface area contributed by atoms with Gasteiger partial charge in [-0.3, -0.25) is 14.6 Å². The summed E-state index contributed by atoms with van der Waals surface area (Å²) in [6, 6.07) is 1.92. The van der Waals surface area contributed by atoms with E-state index in [-0.39, 0.29) is 33.1 Å². The van der Waals surface area contributed by atoms with Crippen molar-refractivity contribution in [3.8, 4) is 5.75 Å². The number of hydrogen-bond acceptors (Lipinski definition) is 10. The van der Waals surface area contributed by atoms with E-state index < -0.39 is 58.6 Å². The Morgan fingerprint density at radius 1 is 1.32 bits per heavy atom. The van der Waals surface area contributed by atoms with Gasteiger partial charge in [-0.15, -0.1) is 11.8 Å². The molecule has 3 rings (SSSR count). The number of carboxylic acid groups (broad SMARTS) is 2. The zero-order chi connectivity index (χ0) is 25.2. The molecule has 0 bridgehead atoms. The molecule has 2 unspecified atom stereocenters. The minimum Gasteiger partial charge on any atom is -0.543 e. The van der Waals surface area contributed by atoms with E-state index in [1.54, 1.807) is 0 Å². The molecular formula is C20H15ClN3O9S-. The molecule has 12 nitrogen and oxygen atoms in total. The van der Waals surface area contributed by atoms with Gasteiger partial charge in [0.1, 0.15) is 22.3 Å². The number of amides is 2. The normalized spacial score (nSPS) is 16.4. The molecule has 4 N–H and O–H groups in total. The van der Waals surface area contributed by atoms with Gasteiger partial charge in [0, 0.05) is 17.2 Å². The van der Waals surface area contributed by atoms with Crippen molar-refractivity contribution in [3.63, 3.8) is 0 Å². The predicted molar refractivity (Wildman–Crippen MR) is 119 cm³/mol. The number of nitrogens with zero attached hydrogens (tertiary/aromatic N) is 1. The number of aliphatic carboxylic acids is 2. The smallest absolute Gasteiger partial charge is 0.349 e. The lowest BCUT2D eigenvalue weighted by Crippen LogP contribution is -2.51. The maximum Gasteiger partial charge on any atom is 0.349 e. The molecule has 2 amide bonds. The first kappa shape index (κ1) is 24.8. The maximum absolute atomic E-state index is 12.4. The van der Waals surface area contributed by atoms with Crippen LogP contribution < -0.4 is 21.4 Å². The Morgan fingerprint density at radius 3 is 2.68 bits per heavy atom. The van der Waals surface area contributed by atoms with Crippen LogP contribution in [0.15, 0.2) is 44.6 Å². The van der Waals surface area contributed by atoms with Crippen molar-refractivity contribution in [1.82, 2.24) is 10.6 Å². The summed E-state index contributed by atoms with van der Waals surface area (Å²) in [6.07, 6.45) is 0. The zero-order valence-corrected chi connectivity index (χ0v) is 18.6. The fourth-order valence-corrected chi connectivity index (χ4v) is 4.14. The molecule has 0 saturated heterocycles. The van der Waals surface area contributed by atoms with Crippen molar-refractivity contribution in [2.24, 2.45) is 4.99 Å². The number of aromatic hydroxyl groups is 1. The lowest BCUT2D eigenvalue weighted by Gasteiger charge is -2.27. The summed E-state index contributed by atoms with van der Waals surface area (Å²) < 4.78 is 4.98. The molecule has 1 aliphatic rings. The van der Waals surface area contributed by atoms with Crippen LogP contribution in [0.3, 0.4) is 0 Å². The number of benzene rings is 1. The Kier molecular flexibility index (Phi) is 7.27. The molecule has 1 aliphatic heterocycles. The van der Waals surface area contributed by atoms with Crippen LogP contribution in [0.2, 0.25) is 5.02 Å². The average Bonchev–Trinajstić information content (AvgIpc) is 2.76. The highest BCUT2D eigenvalue weighted by molar-refractivity contribution is 8.00. The fraction of sp³-hybridized carbons (Fsp3) is 0.200. The Balaban J connectivity index is 1.70. The van der Waals surface area contributed by atoms with E-state index in [9.17, 15) is 39.3 Å². The number of rotatable bonds is 7. The van der Waals surface area contributed by atoms with Crippen LogP contribution in [0.4, 0.5) is 0 Å². The molecule has 2 atom stereocenters. The Bertz CT molecular complexity index is 1320. The third-order valence-electron chi connectivity index (χ3n) is 4.54. The van der Waals surface area contributed by atoms with Crippen molar-refractivity contribution in [2.75, 3.05) is 12.3 Å². The summed E-state index contributed by atoms with van der Waals surface area (Å²) in [5, 5.41) is 33.5. The van der Waals surface area contributed by atoms with E-state index in [0.29, 0.717) is 0 Å². The second-order valence-electron chi connectivity index (χ2n) is 6.93. The molecular weight excluding hydrogens is 494 g/mol. The van der Waals surface area contributed by atoms with Crippen LogP contribution in [-0.2, 0) is 14.4 Å². The number of fused-ring (bicyclic) bond motifs is 1. The van der Waals surface area contributed by atoms with Crippen LogP contribution in [0.1, 0.15) is 10.4 Å². The van der Waals surface area contributed by atoms with Gasteiger partial charge in [-0.2, -0.15) is 0 Å². The van der Waals surface area contributed by atoms with E-state index in [1.807, 2.05) is 0 Å². The van der Waals surface area contributed by atoms with Gasteiger partial charge < -0.3 is 35.2 Å². The van der Waals surface area contributed by atoms with E-state index in [2.05, 4.69) is 22.2 Å². The van der Waals surface area contributed by atoms with Gasteiger partial charge >= 0.3 is 11.6 Å². The molecule has 14 heteroatoms. The third kappa shape index (κ3) is 5.38. The maximum atomic E-state index is 12.4. The van der Waals surface area contributed by atoms with Gasteiger partial charge in [0.25, 0.3) is 5.91 Å². The van der Waals surface area contributed by atoms with Gasteiger partial charge in [0.05, 0.1) is 23.2 Å². The number of carboxylic acids is 2. The fourth-order valence-electron chi connectivity index (χ4n) is 2.90. The number of carbonyl (C=O) groups is 4. The molecule has 1 aromatic carbocycles. The van der Waals surface area contributed by atoms with Crippen molar-refractivity contribution in [1.29, 1.82) is 0 Å². The lowest BCUT2D eigenvalue weighted by atomic mass is 10.1. The standard InChI is InChI=1S/C20H16ClN3O9S/c1-7-6-34-17(24-14(7)18(28)29)15(19(30)31)23-13(26)5-22-16(27)9-2-8-3-10(21)11(25)4-12(8)33-20(9)32/h2-4,15,17,25H,1,5-6H2,(H,22,27)(H,23,26)(H,28,29)(H,30,31)/p-1. The predicted octanol–water partition coefficient (Wildman–Crippen LogP) is -0.729. The molecule has 2 heterocycles. The molecule has 178 valence electrons. The Morgan fingerprint density at radius 2 is 2.03 bits per heavy atom. The number of aliphatic imine (C=N–C) groups is 1. The van der Waals surface area contributed by atoms with Gasteiger partial charge in [0.15, 0.2) is 6.04 Å². The average molecular weight is 509 g/mol. The first-order valence-electron chi connectivity index (χ1n) is 9.33. The third-order valence-corrected chi connectivity index (χ3v) is 6.07. The molecule has 2 aromatic rings.